The van der Waals surface area contributed by atoms with Crippen LogP contribution in [0.15, 0.2) is 18.2 Å². The van der Waals surface area contributed by atoms with E-state index >= 15 is 0 Å². The third-order valence-electron chi connectivity index (χ3n) is 2.61. The molecule has 0 bridgehead atoms. The Morgan fingerprint density at radius 3 is 2.52 bits per heavy atom. The molecule has 1 rings (SSSR count). The van der Waals surface area contributed by atoms with Crippen molar-refractivity contribution in [2.75, 3.05) is 26.4 Å². The van der Waals surface area contributed by atoms with E-state index in [1.807, 2.05) is 0 Å². The maximum atomic E-state index is 11.8. The van der Waals surface area contributed by atoms with Crippen LogP contribution in [0.25, 0.3) is 0 Å². The molecule has 1 amide bonds. The van der Waals surface area contributed by atoms with Crippen molar-refractivity contribution < 1.29 is 18.1 Å². The summed E-state index contributed by atoms with van der Waals surface area (Å²) in [6.07, 6.45) is 0. The molecule has 1 aromatic carbocycles. The fraction of sp³-hybridized carbons (Fsp3) is 0.364. The van der Waals surface area contributed by atoms with Crippen molar-refractivity contribution in [3.05, 3.63) is 38.9 Å². The van der Waals surface area contributed by atoms with Crippen LogP contribution in [0.4, 0.5) is 5.69 Å². The van der Waals surface area contributed by atoms with Gasteiger partial charge in [-0.3, -0.25) is 14.9 Å². The van der Waals surface area contributed by atoms with Crippen molar-refractivity contribution >= 4 is 33.2 Å². The number of amides is 1. The predicted octanol–water partition coefficient (Wildman–Crippen LogP) is 0.869. The van der Waals surface area contributed by atoms with Crippen LogP contribution >= 0.6 is 11.6 Å². The summed E-state index contributed by atoms with van der Waals surface area (Å²) >= 11 is 5.69. The summed E-state index contributed by atoms with van der Waals surface area (Å²) in [4.78, 5) is 21.7. The second-order valence-electron chi connectivity index (χ2n) is 4.28. The highest BCUT2D eigenvalue weighted by atomic mass is 35.5. The van der Waals surface area contributed by atoms with Crippen LogP contribution in [0.1, 0.15) is 10.4 Å². The molecule has 0 aliphatic heterocycles. The van der Waals surface area contributed by atoms with Crippen LogP contribution in [0.5, 0.6) is 0 Å². The van der Waals surface area contributed by atoms with Crippen LogP contribution < -0.4 is 5.32 Å². The molecule has 0 atom stereocenters. The van der Waals surface area contributed by atoms with Gasteiger partial charge < -0.3 is 5.32 Å². The van der Waals surface area contributed by atoms with Crippen molar-refractivity contribution in [1.82, 2.24) is 9.62 Å². The number of hydrogen-bond donors (Lipinski definition) is 1. The third kappa shape index (κ3) is 4.66. The largest absolute Gasteiger partial charge is 0.351 e. The van der Waals surface area contributed by atoms with Crippen molar-refractivity contribution in [3.8, 4) is 0 Å². The van der Waals surface area contributed by atoms with Gasteiger partial charge in [-0.15, -0.1) is 0 Å². The Hall–Kier alpha value is -1.71. The summed E-state index contributed by atoms with van der Waals surface area (Å²) in [7, 11) is -0.607. The van der Waals surface area contributed by atoms with E-state index in [-0.39, 0.29) is 28.6 Å². The molecule has 1 N–H and O–H groups in total. The summed E-state index contributed by atoms with van der Waals surface area (Å²) in [5.41, 5.74) is -0.184. The van der Waals surface area contributed by atoms with Gasteiger partial charge in [0, 0.05) is 32.3 Å². The molecule has 0 aromatic heterocycles. The van der Waals surface area contributed by atoms with Gasteiger partial charge in [0.05, 0.1) is 10.7 Å². The SMILES string of the molecule is CN(C)S(=O)(=O)CCNC(=O)c1ccc([N+](=O)[O-])c(Cl)c1. The fourth-order valence-corrected chi connectivity index (χ4v) is 2.35. The van der Waals surface area contributed by atoms with Gasteiger partial charge in [0.1, 0.15) is 5.02 Å². The number of sulfonamides is 1. The number of hydrogen-bond acceptors (Lipinski definition) is 5. The normalized spacial score (nSPS) is 11.4. The van der Waals surface area contributed by atoms with E-state index in [0.717, 1.165) is 16.4 Å². The van der Waals surface area contributed by atoms with E-state index in [0.29, 0.717) is 0 Å². The van der Waals surface area contributed by atoms with Crippen LogP contribution in [0.2, 0.25) is 5.02 Å². The van der Waals surface area contributed by atoms with E-state index < -0.39 is 20.9 Å². The maximum Gasteiger partial charge on any atom is 0.287 e. The zero-order valence-electron chi connectivity index (χ0n) is 11.4. The summed E-state index contributed by atoms with van der Waals surface area (Å²) in [6.45, 7) is -0.0754. The summed E-state index contributed by atoms with van der Waals surface area (Å²) in [5.74, 6) is -0.798. The van der Waals surface area contributed by atoms with Gasteiger partial charge in [0.15, 0.2) is 0 Å². The monoisotopic (exact) mass is 335 g/mol. The number of carbonyl (C=O) groups excluding carboxylic acids is 1. The van der Waals surface area contributed by atoms with Gasteiger partial charge in [-0.1, -0.05) is 11.6 Å². The first-order chi connectivity index (χ1) is 9.65. The summed E-state index contributed by atoms with van der Waals surface area (Å²) in [6, 6.07) is 3.53. The van der Waals surface area contributed by atoms with Gasteiger partial charge in [-0.05, 0) is 12.1 Å². The molecule has 0 saturated carbocycles. The maximum absolute atomic E-state index is 11.8. The zero-order chi connectivity index (χ0) is 16.2. The topological polar surface area (TPSA) is 110 Å². The van der Waals surface area contributed by atoms with Crippen molar-refractivity contribution in [3.63, 3.8) is 0 Å². The molecule has 10 heteroatoms. The van der Waals surface area contributed by atoms with Gasteiger partial charge in [0.25, 0.3) is 11.6 Å². The zero-order valence-corrected chi connectivity index (χ0v) is 12.9. The van der Waals surface area contributed by atoms with Gasteiger partial charge in [-0.2, -0.15) is 0 Å². The molecule has 0 heterocycles. The lowest BCUT2D eigenvalue weighted by atomic mass is 10.2. The van der Waals surface area contributed by atoms with Gasteiger partial charge >= 0.3 is 0 Å². The Bertz CT molecular complexity index is 660. The van der Waals surface area contributed by atoms with E-state index in [2.05, 4.69) is 5.32 Å². The Labute approximate surface area is 126 Å². The second kappa shape index (κ2) is 6.83. The van der Waals surface area contributed by atoms with E-state index in [4.69, 9.17) is 11.6 Å². The lowest BCUT2D eigenvalue weighted by molar-refractivity contribution is -0.384. The molecule has 0 radical (unpaired) electrons. The van der Waals surface area contributed by atoms with E-state index in [9.17, 15) is 23.3 Å². The first-order valence-corrected chi connectivity index (χ1v) is 7.76. The minimum absolute atomic E-state index is 0.0754. The van der Waals surface area contributed by atoms with E-state index in [1.165, 1.54) is 20.2 Å². The molecule has 0 aliphatic carbocycles. The quantitative estimate of drug-likeness (QED) is 0.612. The third-order valence-corrected chi connectivity index (χ3v) is 4.74. The Morgan fingerprint density at radius 2 is 2.05 bits per heavy atom. The Kier molecular flexibility index (Phi) is 5.64. The van der Waals surface area contributed by atoms with Crippen LogP contribution in [-0.2, 0) is 10.0 Å². The highest BCUT2D eigenvalue weighted by Crippen LogP contribution is 2.24. The smallest absolute Gasteiger partial charge is 0.287 e. The Morgan fingerprint density at radius 1 is 1.43 bits per heavy atom. The van der Waals surface area contributed by atoms with Crippen LogP contribution in [-0.4, -0.2) is 49.9 Å². The lowest BCUT2D eigenvalue weighted by Crippen LogP contribution is -2.33. The molecular formula is C11H14ClN3O5S. The number of benzene rings is 1. The van der Waals surface area contributed by atoms with Crippen molar-refractivity contribution in [2.45, 2.75) is 0 Å². The summed E-state index contributed by atoms with van der Waals surface area (Å²) < 4.78 is 24.1. The molecule has 116 valence electrons. The second-order valence-corrected chi connectivity index (χ2v) is 6.99. The first-order valence-electron chi connectivity index (χ1n) is 5.77. The van der Waals surface area contributed by atoms with Gasteiger partial charge in [0.2, 0.25) is 10.0 Å². The molecule has 0 aliphatic rings. The highest BCUT2D eigenvalue weighted by Gasteiger charge is 2.17. The van der Waals surface area contributed by atoms with Crippen molar-refractivity contribution in [2.24, 2.45) is 0 Å². The number of halogens is 1. The molecule has 0 unspecified atom stereocenters. The van der Waals surface area contributed by atoms with E-state index in [1.54, 1.807) is 0 Å². The molecular weight excluding hydrogens is 322 g/mol. The average molecular weight is 336 g/mol. The van der Waals surface area contributed by atoms with Crippen molar-refractivity contribution in [1.29, 1.82) is 0 Å². The number of carbonyl (C=O) groups is 1. The Balaban J connectivity index is 2.69. The average Bonchev–Trinajstić information content (AvgIpc) is 2.37. The van der Waals surface area contributed by atoms with Crippen LogP contribution in [0.3, 0.4) is 0 Å². The van der Waals surface area contributed by atoms with Crippen LogP contribution in [0, 0.1) is 10.1 Å². The summed E-state index contributed by atoms with van der Waals surface area (Å²) in [5, 5.41) is 12.9. The minimum Gasteiger partial charge on any atom is -0.351 e. The highest BCUT2D eigenvalue weighted by molar-refractivity contribution is 7.89. The van der Waals surface area contributed by atoms with Gasteiger partial charge in [-0.25, -0.2) is 12.7 Å². The number of rotatable bonds is 6. The molecule has 0 fully saturated rings. The molecule has 21 heavy (non-hydrogen) atoms. The molecule has 0 spiro atoms. The molecule has 0 saturated heterocycles. The standard InChI is InChI=1S/C11H14ClN3O5S/c1-14(2)21(19,20)6-5-13-11(16)8-3-4-10(15(17)18)9(12)7-8/h3-4,7H,5-6H2,1-2H3,(H,13,16). The number of nitrogens with zero attached hydrogens (tertiary/aromatic N) is 2. The minimum atomic E-state index is -3.40. The molecule has 1 aromatic rings. The number of nitro benzene ring substituents is 1. The predicted molar refractivity (Wildman–Crippen MR) is 77.9 cm³/mol. The number of nitrogens with one attached hydrogen (secondary N) is 1. The number of nitro groups is 1. The molecule has 8 nitrogen and oxygen atoms in total. The fourth-order valence-electron chi connectivity index (χ4n) is 1.37. The lowest BCUT2D eigenvalue weighted by Gasteiger charge is -2.11. The first kappa shape index (κ1) is 17.3.